The summed E-state index contributed by atoms with van der Waals surface area (Å²) in [6.45, 7) is 4.51. The smallest absolute Gasteiger partial charge is 0.332 e. The van der Waals surface area contributed by atoms with Gasteiger partial charge < -0.3 is 10.3 Å². The molecule has 0 saturated heterocycles. The highest BCUT2D eigenvalue weighted by Gasteiger charge is 2.23. The Morgan fingerprint density at radius 1 is 1.16 bits per heavy atom. The van der Waals surface area contributed by atoms with Crippen LogP contribution in [0.3, 0.4) is 0 Å². The summed E-state index contributed by atoms with van der Waals surface area (Å²) in [5, 5.41) is 8.68. The van der Waals surface area contributed by atoms with E-state index in [-0.39, 0.29) is 23.1 Å². The molecule has 0 fully saturated rings. The molecule has 9 nitrogen and oxygen atoms in total. The van der Waals surface area contributed by atoms with E-state index in [1.807, 2.05) is 13.8 Å². The number of aromatic nitrogens is 5. The third-order valence-electron chi connectivity index (χ3n) is 4.70. The highest BCUT2D eigenvalue weighted by molar-refractivity contribution is 7.99. The largest absolute Gasteiger partial charge is 0.384 e. The van der Waals surface area contributed by atoms with Gasteiger partial charge in [0.15, 0.2) is 16.8 Å². The molecule has 2 heterocycles. The number of Topliss-reactive ketones (excluding diaryl/α,β-unsaturated/α-hetero) is 1. The molecule has 0 aliphatic carbocycles. The van der Waals surface area contributed by atoms with Crippen LogP contribution in [0.4, 0.5) is 10.2 Å². The minimum absolute atomic E-state index is 0.148. The summed E-state index contributed by atoms with van der Waals surface area (Å²) < 4.78 is 18.0. The van der Waals surface area contributed by atoms with Crippen molar-refractivity contribution in [3.63, 3.8) is 0 Å². The number of hydrogen-bond donors (Lipinski definition) is 1. The molecular formula is C20H23FN6O3S. The lowest BCUT2D eigenvalue weighted by molar-refractivity contribution is 0.102. The standard InChI is InChI=1S/C20H23FN6O3S/c1-11(2)9-27-17(12-7-5-6-8-13(12)21)23-24-19(27)31-10-14(28)15-16(22)25(3)20(30)26(4)18(15)29/h5-8,11H,9-10,22H2,1-4H3. The maximum Gasteiger partial charge on any atom is 0.332 e. The zero-order valence-electron chi connectivity index (χ0n) is 17.6. The summed E-state index contributed by atoms with van der Waals surface area (Å²) >= 11 is 1.07. The summed E-state index contributed by atoms with van der Waals surface area (Å²) in [6.07, 6.45) is 0. The second-order valence-electron chi connectivity index (χ2n) is 7.47. The predicted octanol–water partition coefficient (Wildman–Crippen LogP) is 1.69. The Labute approximate surface area is 181 Å². The van der Waals surface area contributed by atoms with Crippen molar-refractivity contribution in [1.82, 2.24) is 23.9 Å². The number of ketones is 1. The van der Waals surface area contributed by atoms with Crippen molar-refractivity contribution in [1.29, 1.82) is 0 Å². The number of thioether (sulfide) groups is 1. The Bertz CT molecular complexity index is 1260. The molecule has 1 aromatic carbocycles. The molecule has 164 valence electrons. The van der Waals surface area contributed by atoms with E-state index in [4.69, 9.17) is 5.73 Å². The summed E-state index contributed by atoms with van der Waals surface area (Å²) in [6, 6.07) is 6.26. The van der Waals surface area contributed by atoms with E-state index in [9.17, 15) is 18.8 Å². The number of halogens is 1. The van der Waals surface area contributed by atoms with Crippen molar-refractivity contribution in [3.8, 4) is 11.4 Å². The van der Waals surface area contributed by atoms with E-state index in [0.717, 1.165) is 20.9 Å². The predicted molar refractivity (Wildman–Crippen MR) is 117 cm³/mol. The maximum atomic E-state index is 14.3. The zero-order chi connectivity index (χ0) is 22.9. The lowest BCUT2D eigenvalue weighted by Crippen LogP contribution is -2.41. The van der Waals surface area contributed by atoms with Crippen LogP contribution in [0.25, 0.3) is 11.4 Å². The number of anilines is 1. The quantitative estimate of drug-likeness (QED) is 0.433. The molecule has 0 saturated carbocycles. The molecule has 3 aromatic rings. The number of nitrogen functional groups attached to an aromatic ring is 1. The van der Waals surface area contributed by atoms with Gasteiger partial charge in [0, 0.05) is 20.6 Å². The van der Waals surface area contributed by atoms with Crippen molar-refractivity contribution in [3.05, 3.63) is 56.5 Å². The van der Waals surface area contributed by atoms with Gasteiger partial charge in [0.1, 0.15) is 17.2 Å². The van der Waals surface area contributed by atoms with Gasteiger partial charge in [0.2, 0.25) is 0 Å². The third kappa shape index (κ3) is 4.31. The van der Waals surface area contributed by atoms with Gasteiger partial charge in [0.25, 0.3) is 5.56 Å². The molecule has 11 heteroatoms. The van der Waals surface area contributed by atoms with Gasteiger partial charge in [-0.25, -0.2) is 9.18 Å². The van der Waals surface area contributed by atoms with Gasteiger partial charge in [0.05, 0.1) is 11.3 Å². The summed E-state index contributed by atoms with van der Waals surface area (Å²) in [5.74, 6) is -0.721. The highest BCUT2D eigenvalue weighted by atomic mass is 32.2. The molecule has 0 spiro atoms. The molecule has 0 radical (unpaired) electrons. The van der Waals surface area contributed by atoms with Crippen LogP contribution in [0, 0.1) is 11.7 Å². The summed E-state index contributed by atoms with van der Waals surface area (Å²) in [7, 11) is 2.68. The SMILES string of the molecule is CC(C)Cn1c(SCC(=O)c2c(N)n(C)c(=O)n(C)c2=O)nnc1-c1ccccc1F. The Kier molecular flexibility index (Phi) is 6.44. The van der Waals surface area contributed by atoms with Crippen LogP contribution in [0.2, 0.25) is 0 Å². The number of nitrogens with two attached hydrogens (primary N) is 1. The first-order valence-corrected chi connectivity index (χ1v) is 10.5. The van der Waals surface area contributed by atoms with Gasteiger partial charge >= 0.3 is 5.69 Å². The zero-order valence-corrected chi connectivity index (χ0v) is 18.4. The monoisotopic (exact) mass is 446 g/mol. The van der Waals surface area contributed by atoms with E-state index in [1.165, 1.54) is 20.2 Å². The van der Waals surface area contributed by atoms with E-state index in [1.54, 1.807) is 22.8 Å². The second kappa shape index (κ2) is 8.88. The molecule has 0 amide bonds. The number of nitrogens with zero attached hydrogens (tertiary/aromatic N) is 5. The molecule has 3 rings (SSSR count). The maximum absolute atomic E-state index is 14.3. The minimum atomic E-state index is -0.748. The highest BCUT2D eigenvalue weighted by Crippen LogP contribution is 2.27. The van der Waals surface area contributed by atoms with Crippen LogP contribution in [-0.2, 0) is 20.6 Å². The van der Waals surface area contributed by atoms with E-state index in [0.29, 0.717) is 23.1 Å². The molecule has 0 atom stereocenters. The first kappa shape index (κ1) is 22.5. The van der Waals surface area contributed by atoms with Crippen LogP contribution in [0.5, 0.6) is 0 Å². The normalized spacial score (nSPS) is 11.3. The molecule has 31 heavy (non-hydrogen) atoms. The summed E-state index contributed by atoms with van der Waals surface area (Å²) in [5.41, 5.74) is 4.56. The van der Waals surface area contributed by atoms with Crippen LogP contribution >= 0.6 is 11.8 Å². The number of carbonyl (C=O) groups is 1. The van der Waals surface area contributed by atoms with Crippen LogP contribution in [-0.4, -0.2) is 35.4 Å². The lowest BCUT2D eigenvalue weighted by Gasteiger charge is -2.13. The molecular weight excluding hydrogens is 423 g/mol. The first-order chi connectivity index (χ1) is 14.6. The second-order valence-corrected chi connectivity index (χ2v) is 8.41. The fraction of sp³-hybridized carbons (Fsp3) is 0.350. The number of carbonyl (C=O) groups excluding carboxylic acids is 1. The molecule has 2 aromatic heterocycles. The number of hydrogen-bond acceptors (Lipinski definition) is 7. The molecule has 2 N–H and O–H groups in total. The topological polar surface area (TPSA) is 118 Å². The molecule has 0 unspecified atom stereocenters. The number of rotatable bonds is 7. The Morgan fingerprint density at radius 2 is 1.84 bits per heavy atom. The van der Waals surface area contributed by atoms with Gasteiger partial charge in [-0.3, -0.25) is 18.7 Å². The van der Waals surface area contributed by atoms with Crippen molar-refractivity contribution in [2.75, 3.05) is 11.5 Å². The average Bonchev–Trinajstić information content (AvgIpc) is 3.11. The minimum Gasteiger partial charge on any atom is -0.384 e. The van der Waals surface area contributed by atoms with E-state index < -0.39 is 22.8 Å². The first-order valence-electron chi connectivity index (χ1n) is 9.53. The van der Waals surface area contributed by atoms with E-state index in [2.05, 4.69) is 10.2 Å². The van der Waals surface area contributed by atoms with Gasteiger partial charge in [-0.05, 0) is 18.1 Å². The van der Waals surface area contributed by atoms with Crippen molar-refractivity contribution < 1.29 is 9.18 Å². The van der Waals surface area contributed by atoms with Gasteiger partial charge in [-0.1, -0.05) is 37.7 Å². The summed E-state index contributed by atoms with van der Waals surface area (Å²) in [4.78, 5) is 37.2. The number of benzene rings is 1. The van der Waals surface area contributed by atoms with Crippen LogP contribution in [0.1, 0.15) is 24.2 Å². The Hall–Kier alpha value is -3.21. The molecule has 0 bridgehead atoms. The van der Waals surface area contributed by atoms with Crippen molar-refractivity contribution >= 4 is 23.4 Å². The van der Waals surface area contributed by atoms with Gasteiger partial charge in [-0.2, -0.15) is 0 Å². The van der Waals surface area contributed by atoms with Gasteiger partial charge in [-0.15, -0.1) is 10.2 Å². The third-order valence-corrected chi connectivity index (χ3v) is 5.67. The molecule has 0 aliphatic rings. The van der Waals surface area contributed by atoms with Crippen molar-refractivity contribution in [2.24, 2.45) is 20.0 Å². The van der Waals surface area contributed by atoms with Crippen LogP contribution < -0.4 is 17.0 Å². The lowest BCUT2D eigenvalue weighted by atomic mass is 10.2. The molecule has 0 aliphatic heterocycles. The fourth-order valence-electron chi connectivity index (χ4n) is 3.09. The average molecular weight is 447 g/mol. The Balaban J connectivity index is 1.94. The van der Waals surface area contributed by atoms with E-state index >= 15 is 0 Å². The Morgan fingerprint density at radius 3 is 2.48 bits per heavy atom. The van der Waals surface area contributed by atoms with Crippen molar-refractivity contribution in [2.45, 2.75) is 25.5 Å². The fourth-order valence-corrected chi connectivity index (χ4v) is 3.91. The van der Waals surface area contributed by atoms with Crippen LogP contribution in [0.15, 0.2) is 39.0 Å².